The van der Waals surface area contributed by atoms with Crippen LogP contribution in [0.5, 0.6) is 0 Å². The van der Waals surface area contributed by atoms with Crippen molar-refractivity contribution in [3.63, 3.8) is 0 Å². The first kappa shape index (κ1) is 15.8. The van der Waals surface area contributed by atoms with E-state index in [1.807, 2.05) is 36.3 Å². The van der Waals surface area contributed by atoms with E-state index in [4.69, 9.17) is 9.26 Å². The summed E-state index contributed by atoms with van der Waals surface area (Å²) in [7, 11) is 0. The standard InChI is InChI=1S/C17H21N3O3S/c1-11-13(12(2)23-18-11)8-19-5-6-22-15-10-20(9-14(15)19)17(21)16-4-3-7-24-16/h3-4,7,14-15H,5-6,8-10H2,1-2H3/t14-,15+/m1/s1. The molecule has 2 aromatic rings. The molecule has 0 aliphatic carbocycles. The van der Waals surface area contributed by atoms with Gasteiger partial charge in [-0.1, -0.05) is 11.2 Å². The first-order valence-corrected chi connectivity index (χ1v) is 9.11. The van der Waals surface area contributed by atoms with E-state index in [2.05, 4.69) is 10.1 Å². The van der Waals surface area contributed by atoms with Crippen molar-refractivity contribution >= 4 is 17.2 Å². The zero-order valence-electron chi connectivity index (χ0n) is 13.9. The zero-order valence-corrected chi connectivity index (χ0v) is 14.7. The lowest BCUT2D eigenvalue weighted by Gasteiger charge is -2.36. The summed E-state index contributed by atoms with van der Waals surface area (Å²) in [6.07, 6.45) is 0.0862. The summed E-state index contributed by atoms with van der Waals surface area (Å²) in [5, 5.41) is 5.99. The van der Waals surface area contributed by atoms with Gasteiger partial charge >= 0.3 is 0 Å². The molecule has 2 aliphatic rings. The molecule has 4 heterocycles. The van der Waals surface area contributed by atoms with Gasteiger partial charge in [0.1, 0.15) is 5.76 Å². The molecule has 2 fully saturated rings. The topological polar surface area (TPSA) is 58.8 Å². The molecule has 0 unspecified atom stereocenters. The molecule has 128 valence electrons. The van der Waals surface area contributed by atoms with Crippen LogP contribution >= 0.6 is 11.3 Å². The maximum absolute atomic E-state index is 12.6. The van der Waals surface area contributed by atoms with Crippen molar-refractivity contribution in [3.8, 4) is 0 Å². The van der Waals surface area contributed by atoms with Gasteiger partial charge in [0.25, 0.3) is 5.91 Å². The number of aromatic nitrogens is 1. The number of amides is 1. The normalized spacial score (nSPS) is 24.3. The minimum Gasteiger partial charge on any atom is -0.373 e. The highest BCUT2D eigenvalue weighted by atomic mass is 32.1. The van der Waals surface area contributed by atoms with Gasteiger partial charge in [-0.15, -0.1) is 11.3 Å². The van der Waals surface area contributed by atoms with E-state index in [-0.39, 0.29) is 18.1 Å². The van der Waals surface area contributed by atoms with Crippen LogP contribution in [0, 0.1) is 13.8 Å². The number of hydrogen-bond acceptors (Lipinski definition) is 6. The van der Waals surface area contributed by atoms with Crippen molar-refractivity contribution in [2.45, 2.75) is 32.5 Å². The van der Waals surface area contributed by atoms with Gasteiger partial charge in [-0.05, 0) is 25.3 Å². The van der Waals surface area contributed by atoms with Crippen LogP contribution in [0.1, 0.15) is 26.7 Å². The fraction of sp³-hybridized carbons (Fsp3) is 0.529. The van der Waals surface area contributed by atoms with Crippen LogP contribution in [0.25, 0.3) is 0 Å². The molecule has 7 heteroatoms. The van der Waals surface area contributed by atoms with E-state index in [0.717, 1.165) is 35.0 Å². The molecule has 0 spiro atoms. The third-order valence-corrected chi connectivity index (χ3v) is 5.84. The van der Waals surface area contributed by atoms with Crippen molar-refractivity contribution in [3.05, 3.63) is 39.4 Å². The number of morpholine rings is 1. The Balaban J connectivity index is 1.50. The fourth-order valence-electron chi connectivity index (χ4n) is 3.61. The summed E-state index contributed by atoms with van der Waals surface area (Å²) in [5.74, 6) is 0.986. The molecule has 4 rings (SSSR count). The van der Waals surface area contributed by atoms with E-state index in [1.165, 1.54) is 11.3 Å². The largest absolute Gasteiger partial charge is 0.373 e. The molecular formula is C17H21N3O3S. The Bertz CT molecular complexity index is 708. The predicted octanol–water partition coefficient (Wildman–Crippen LogP) is 2.08. The third kappa shape index (κ3) is 2.76. The van der Waals surface area contributed by atoms with Crippen molar-refractivity contribution in [1.29, 1.82) is 0 Å². The Labute approximate surface area is 145 Å². The molecule has 2 atom stereocenters. The Morgan fingerprint density at radius 3 is 3.00 bits per heavy atom. The molecule has 2 saturated heterocycles. The highest BCUT2D eigenvalue weighted by Crippen LogP contribution is 2.27. The van der Waals surface area contributed by atoms with Gasteiger partial charge in [0.2, 0.25) is 0 Å². The Hall–Kier alpha value is -1.70. The van der Waals surface area contributed by atoms with Crippen LogP contribution in [0.3, 0.4) is 0 Å². The van der Waals surface area contributed by atoms with Crippen molar-refractivity contribution in [2.24, 2.45) is 0 Å². The lowest BCUT2D eigenvalue weighted by Crippen LogP contribution is -2.50. The van der Waals surface area contributed by atoms with Crippen LogP contribution < -0.4 is 0 Å². The second kappa shape index (κ2) is 6.31. The third-order valence-electron chi connectivity index (χ3n) is 4.98. The molecular weight excluding hydrogens is 326 g/mol. The molecule has 24 heavy (non-hydrogen) atoms. The lowest BCUT2D eigenvalue weighted by molar-refractivity contribution is -0.0505. The van der Waals surface area contributed by atoms with E-state index in [1.54, 1.807) is 0 Å². The van der Waals surface area contributed by atoms with Crippen LogP contribution in [0.4, 0.5) is 0 Å². The van der Waals surface area contributed by atoms with Crippen molar-refractivity contribution in [2.75, 3.05) is 26.2 Å². The highest BCUT2D eigenvalue weighted by molar-refractivity contribution is 7.12. The van der Waals surface area contributed by atoms with E-state index in [0.29, 0.717) is 19.7 Å². The van der Waals surface area contributed by atoms with Gasteiger partial charge < -0.3 is 14.2 Å². The summed E-state index contributed by atoms with van der Waals surface area (Å²) in [6, 6.07) is 4.04. The molecule has 6 nitrogen and oxygen atoms in total. The van der Waals surface area contributed by atoms with Gasteiger partial charge in [-0.25, -0.2) is 0 Å². The average Bonchev–Trinajstić information content (AvgIpc) is 3.30. The minimum absolute atomic E-state index is 0.0862. The van der Waals surface area contributed by atoms with Crippen LogP contribution in [-0.2, 0) is 11.3 Å². The molecule has 0 aromatic carbocycles. The lowest BCUT2D eigenvalue weighted by atomic mass is 10.1. The molecule has 1 amide bonds. The average molecular weight is 347 g/mol. The number of carbonyl (C=O) groups excluding carboxylic acids is 1. The second-order valence-corrected chi connectivity index (χ2v) is 7.38. The van der Waals surface area contributed by atoms with E-state index >= 15 is 0 Å². The number of nitrogens with zero attached hydrogens (tertiary/aromatic N) is 3. The summed E-state index contributed by atoms with van der Waals surface area (Å²) in [5.41, 5.74) is 2.10. The Morgan fingerprint density at radius 1 is 1.42 bits per heavy atom. The van der Waals surface area contributed by atoms with E-state index < -0.39 is 0 Å². The molecule has 0 bridgehead atoms. The Kier molecular flexibility index (Phi) is 4.15. The molecule has 0 radical (unpaired) electrons. The van der Waals surface area contributed by atoms with Crippen LogP contribution in [-0.4, -0.2) is 59.3 Å². The first-order chi connectivity index (χ1) is 11.6. The summed E-state index contributed by atoms with van der Waals surface area (Å²) < 4.78 is 11.2. The first-order valence-electron chi connectivity index (χ1n) is 8.23. The highest BCUT2D eigenvalue weighted by Gasteiger charge is 2.42. The van der Waals surface area contributed by atoms with Gasteiger partial charge in [0, 0.05) is 31.7 Å². The molecule has 0 saturated carbocycles. The summed E-state index contributed by atoms with van der Waals surface area (Å²) in [6.45, 7) is 7.68. The van der Waals surface area contributed by atoms with Crippen molar-refractivity contribution < 1.29 is 14.1 Å². The second-order valence-electron chi connectivity index (χ2n) is 6.44. The van der Waals surface area contributed by atoms with Gasteiger partial charge in [0.15, 0.2) is 0 Å². The summed E-state index contributed by atoms with van der Waals surface area (Å²) in [4.78, 5) is 17.7. The quantitative estimate of drug-likeness (QED) is 0.851. The maximum Gasteiger partial charge on any atom is 0.264 e. The number of rotatable bonds is 3. The minimum atomic E-state index is 0.0862. The van der Waals surface area contributed by atoms with Gasteiger partial charge in [-0.3, -0.25) is 9.69 Å². The molecule has 2 aliphatic heterocycles. The SMILES string of the molecule is Cc1noc(C)c1CN1CCO[C@H]2CN(C(=O)c3cccs3)C[C@H]21. The van der Waals surface area contributed by atoms with Crippen molar-refractivity contribution in [1.82, 2.24) is 15.0 Å². The number of thiophene rings is 1. The zero-order chi connectivity index (χ0) is 16.7. The number of ether oxygens (including phenoxy) is 1. The number of carbonyl (C=O) groups is 1. The fourth-order valence-corrected chi connectivity index (χ4v) is 4.30. The summed E-state index contributed by atoms with van der Waals surface area (Å²) >= 11 is 1.49. The molecule has 0 N–H and O–H groups in total. The predicted molar refractivity (Wildman–Crippen MR) is 90.1 cm³/mol. The van der Waals surface area contributed by atoms with Gasteiger partial charge in [-0.2, -0.15) is 0 Å². The number of aryl methyl sites for hydroxylation is 2. The monoisotopic (exact) mass is 347 g/mol. The van der Waals surface area contributed by atoms with Crippen LogP contribution in [0.15, 0.2) is 22.0 Å². The molecule has 2 aromatic heterocycles. The van der Waals surface area contributed by atoms with Crippen LogP contribution in [0.2, 0.25) is 0 Å². The number of hydrogen-bond donors (Lipinski definition) is 0. The maximum atomic E-state index is 12.6. The smallest absolute Gasteiger partial charge is 0.264 e. The van der Waals surface area contributed by atoms with E-state index in [9.17, 15) is 4.79 Å². The Morgan fingerprint density at radius 2 is 2.29 bits per heavy atom. The number of fused-ring (bicyclic) bond motifs is 1. The van der Waals surface area contributed by atoms with Gasteiger partial charge in [0.05, 0.1) is 29.3 Å². The number of likely N-dealkylation sites (tertiary alicyclic amines) is 1.